The molecule has 1 aliphatic heterocycles. The number of hydrogen-bond acceptors (Lipinski definition) is 6. The molecule has 41 heavy (non-hydrogen) atoms. The van der Waals surface area contributed by atoms with E-state index in [0.717, 1.165) is 11.0 Å². The Balaban J connectivity index is 1.50. The van der Waals surface area contributed by atoms with Crippen LogP contribution in [0.25, 0.3) is 10.9 Å². The molecule has 1 saturated heterocycles. The standard InChI is InChI=1S/C28H29Cl3F2N4O4/c29-18-2-1-17(20(30)11-18)14-36(16-39)24-15-37(23-13-21(23)32)26-19(28(24)40)12-22(33)27(25(26)31)35-5-3-34(4-6-35)7-9-41-10-8-38/h1-2,11-12,15-16,21,23,38H,3-10,13-14H2/t21-,23+/m0/s1. The molecule has 8 nitrogen and oxygen atoms in total. The van der Waals surface area contributed by atoms with Crippen molar-refractivity contribution in [2.45, 2.75) is 25.2 Å². The molecule has 2 aromatic carbocycles. The van der Waals surface area contributed by atoms with Crippen molar-refractivity contribution >= 4 is 63.5 Å². The summed E-state index contributed by atoms with van der Waals surface area (Å²) >= 11 is 19.1. The van der Waals surface area contributed by atoms with Gasteiger partial charge in [0.2, 0.25) is 11.8 Å². The van der Waals surface area contributed by atoms with E-state index in [0.29, 0.717) is 61.3 Å². The van der Waals surface area contributed by atoms with Crippen LogP contribution < -0.4 is 15.2 Å². The number of amides is 1. The fourth-order valence-electron chi connectivity index (χ4n) is 5.18. The summed E-state index contributed by atoms with van der Waals surface area (Å²) in [4.78, 5) is 31.0. The van der Waals surface area contributed by atoms with Crippen LogP contribution in [0.4, 0.5) is 20.2 Å². The highest BCUT2D eigenvalue weighted by molar-refractivity contribution is 6.38. The largest absolute Gasteiger partial charge is 0.394 e. The zero-order chi connectivity index (χ0) is 29.3. The molecule has 0 unspecified atom stereocenters. The number of pyridine rings is 1. The fourth-order valence-corrected chi connectivity index (χ4v) is 6.06. The number of aliphatic hydroxyl groups excluding tert-OH is 1. The summed E-state index contributed by atoms with van der Waals surface area (Å²) in [6.45, 7) is 3.60. The average molecular weight is 630 g/mol. The number of alkyl halides is 1. The number of fused-ring (bicyclic) bond motifs is 1. The lowest BCUT2D eigenvalue weighted by Gasteiger charge is -2.36. The van der Waals surface area contributed by atoms with Crippen molar-refractivity contribution in [1.82, 2.24) is 9.47 Å². The van der Waals surface area contributed by atoms with Gasteiger partial charge in [-0.1, -0.05) is 40.9 Å². The summed E-state index contributed by atoms with van der Waals surface area (Å²) in [7, 11) is 0. The third-order valence-corrected chi connectivity index (χ3v) is 8.42. The molecule has 2 aliphatic rings. The van der Waals surface area contributed by atoms with Gasteiger partial charge in [0.1, 0.15) is 17.7 Å². The van der Waals surface area contributed by atoms with Gasteiger partial charge in [-0.3, -0.25) is 14.5 Å². The monoisotopic (exact) mass is 628 g/mol. The van der Waals surface area contributed by atoms with E-state index in [1.807, 2.05) is 4.90 Å². The summed E-state index contributed by atoms with van der Waals surface area (Å²) in [5.41, 5.74) is 0.287. The lowest BCUT2D eigenvalue weighted by molar-refractivity contribution is -0.107. The normalized spacial score (nSPS) is 19.1. The topological polar surface area (TPSA) is 78.2 Å². The molecule has 2 heterocycles. The Labute approximate surface area is 250 Å². The first-order chi connectivity index (χ1) is 19.7. The first kappa shape index (κ1) is 30.0. The van der Waals surface area contributed by atoms with Gasteiger partial charge < -0.3 is 24.2 Å². The Kier molecular flexibility index (Phi) is 9.37. The highest BCUT2D eigenvalue weighted by Crippen LogP contribution is 2.44. The highest BCUT2D eigenvalue weighted by Gasteiger charge is 2.41. The van der Waals surface area contributed by atoms with Crippen molar-refractivity contribution in [3.8, 4) is 0 Å². The lowest BCUT2D eigenvalue weighted by Crippen LogP contribution is -2.47. The second-order valence-electron chi connectivity index (χ2n) is 10.1. The Bertz CT molecular complexity index is 1500. The number of halogens is 5. The van der Waals surface area contributed by atoms with E-state index in [1.165, 1.54) is 12.3 Å². The second-order valence-corrected chi connectivity index (χ2v) is 11.3. The Morgan fingerprint density at radius 1 is 1.12 bits per heavy atom. The maximum atomic E-state index is 15.7. The first-order valence-electron chi connectivity index (χ1n) is 13.3. The van der Waals surface area contributed by atoms with Gasteiger partial charge in [0, 0.05) is 55.4 Å². The summed E-state index contributed by atoms with van der Waals surface area (Å²) in [6.07, 6.45) is 0.954. The van der Waals surface area contributed by atoms with Gasteiger partial charge in [0.05, 0.1) is 54.0 Å². The summed E-state index contributed by atoms with van der Waals surface area (Å²) < 4.78 is 37.0. The van der Waals surface area contributed by atoms with Gasteiger partial charge in [-0.15, -0.1) is 0 Å². The van der Waals surface area contributed by atoms with Crippen LogP contribution in [-0.4, -0.2) is 79.7 Å². The fraction of sp³-hybridized carbons (Fsp3) is 0.429. The molecule has 1 aliphatic carbocycles. The minimum Gasteiger partial charge on any atom is -0.394 e. The molecule has 0 bridgehead atoms. The molecule has 1 amide bonds. The highest BCUT2D eigenvalue weighted by atomic mass is 35.5. The van der Waals surface area contributed by atoms with E-state index in [9.17, 15) is 14.0 Å². The van der Waals surface area contributed by atoms with Crippen molar-refractivity contribution in [2.24, 2.45) is 0 Å². The van der Waals surface area contributed by atoms with E-state index < -0.39 is 23.5 Å². The molecule has 0 radical (unpaired) electrons. The van der Waals surface area contributed by atoms with Gasteiger partial charge in [0.25, 0.3) is 0 Å². The van der Waals surface area contributed by atoms with Gasteiger partial charge >= 0.3 is 0 Å². The van der Waals surface area contributed by atoms with Crippen molar-refractivity contribution in [2.75, 3.05) is 62.3 Å². The predicted molar refractivity (Wildman–Crippen MR) is 157 cm³/mol. The van der Waals surface area contributed by atoms with Crippen molar-refractivity contribution < 1.29 is 23.4 Å². The molecule has 2 atom stereocenters. The van der Waals surface area contributed by atoms with E-state index in [-0.39, 0.29) is 53.5 Å². The van der Waals surface area contributed by atoms with Crippen LogP contribution in [0, 0.1) is 5.82 Å². The van der Waals surface area contributed by atoms with Crippen LogP contribution in [0.2, 0.25) is 15.1 Å². The molecule has 220 valence electrons. The third kappa shape index (κ3) is 6.33. The maximum absolute atomic E-state index is 15.7. The SMILES string of the molecule is O=CN(Cc1ccc(Cl)cc1Cl)c1cn([C@@H]2C[C@@H]2F)c2c(Cl)c(N3CCN(CCOCCO)CC3)c(F)cc2c1=O. The van der Waals surface area contributed by atoms with Crippen LogP contribution in [0.1, 0.15) is 18.0 Å². The molecule has 1 aromatic heterocycles. The number of nitrogens with zero attached hydrogens (tertiary/aromatic N) is 4. The Morgan fingerprint density at radius 3 is 2.49 bits per heavy atom. The molecule has 0 spiro atoms. The quantitative estimate of drug-likeness (QED) is 0.245. The lowest BCUT2D eigenvalue weighted by atomic mass is 10.1. The molecule has 2 fully saturated rings. The molecular formula is C28H29Cl3F2N4O4. The summed E-state index contributed by atoms with van der Waals surface area (Å²) in [5.74, 6) is -0.672. The number of ether oxygens (including phenoxy) is 1. The number of aromatic nitrogens is 1. The molecule has 3 aromatic rings. The van der Waals surface area contributed by atoms with Gasteiger partial charge in [-0.2, -0.15) is 0 Å². The predicted octanol–water partition coefficient (Wildman–Crippen LogP) is 4.68. The number of carbonyl (C=O) groups is 1. The number of rotatable bonds is 11. The van der Waals surface area contributed by atoms with Crippen molar-refractivity contribution in [3.63, 3.8) is 0 Å². The minimum absolute atomic E-state index is 0.0286. The molecule has 1 N–H and O–H groups in total. The van der Waals surface area contributed by atoms with E-state index in [4.69, 9.17) is 44.6 Å². The zero-order valence-electron chi connectivity index (χ0n) is 22.0. The summed E-state index contributed by atoms with van der Waals surface area (Å²) in [6, 6.07) is 5.31. The van der Waals surface area contributed by atoms with Crippen molar-refractivity contribution in [1.29, 1.82) is 0 Å². The second kappa shape index (κ2) is 12.8. The molecule has 5 rings (SSSR count). The van der Waals surface area contributed by atoms with E-state index in [2.05, 4.69) is 4.90 Å². The number of anilines is 2. The zero-order valence-corrected chi connectivity index (χ0v) is 24.3. The Hall–Kier alpha value is -2.47. The third-order valence-electron chi connectivity index (χ3n) is 7.47. The first-order valence-corrected chi connectivity index (χ1v) is 14.4. The van der Waals surface area contributed by atoms with Gasteiger partial charge in [-0.25, -0.2) is 8.78 Å². The van der Waals surface area contributed by atoms with Gasteiger partial charge in [-0.05, 0) is 23.8 Å². The van der Waals surface area contributed by atoms with Crippen LogP contribution in [0.15, 0.2) is 35.3 Å². The van der Waals surface area contributed by atoms with Crippen LogP contribution >= 0.6 is 34.8 Å². The molecule has 13 heteroatoms. The summed E-state index contributed by atoms with van der Waals surface area (Å²) in [5, 5.41) is 9.57. The Morgan fingerprint density at radius 2 is 1.85 bits per heavy atom. The van der Waals surface area contributed by atoms with E-state index >= 15 is 4.39 Å². The number of hydrogen-bond donors (Lipinski definition) is 1. The number of aliphatic hydroxyl groups is 1. The van der Waals surface area contributed by atoms with E-state index in [1.54, 1.807) is 16.7 Å². The van der Waals surface area contributed by atoms with Gasteiger partial charge in [0.15, 0.2) is 0 Å². The van der Waals surface area contributed by atoms with Crippen molar-refractivity contribution in [3.05, 3.63) is 67.1 Å². The van der Waals surface area contributed by atoms with Crippen LogP contribution in [0.5, 0.6) is 0 Å². The maximum Gasteiger partial charge on any atom is 0.214 e. The van der Waals surface area contributed by atoms with Crippen LogP contribution in [-0.2, 0) is 16.1 Å². The number of benzene rings is 2. The average Bonchev–Trinajstić information content (AvgIpc) is 3.68. The van der Waals surface area contributed by atoms with Crippen LogP contribution in [0.3, 0.4) is 0 Å². The smallest absolute Gasteiger partial charge is 0.214 e. The number of piperazine rings is 1. The minimum atomic E-state index is -1.16. The molecule has 1 saturated carbocycles. The molecular weight excluding hydrogens is 601 g/mol. The number of carbonyl (C=O) groups excluding carboxylic acids is 1.